The van der Waals surface area contributed by atoms with Gasteiger partial charge in [0.05, 0.1) is 21.1 Å². The molecule has 0 aromatic heterocycles. The summed E-state index contributed by atoms with van der Waals surface area (Å²) in [4.78, 5) is 0. The summed E-state index contributed by atoms with van der Waals surface area (Å²) in [5.41, 5.74) is 0. The van der Waals surface area contributed by atoms with E-state index in [0.717, 1.165) is 4.48 Å². The second-order valence-corrected chi connectivity index (χ2v) is 2.70. The molecule has 0 atom stereocenters. The Morgan fingerprint density at radius 3 is 1.86 bits per heavy atom. The van der Waals surface area contributed by atoms with Crippen molar-refractivity contribution in [2.75, 3.05) is 34.4 Å². The fraction of sp³-hybridized carbons (Fsp3) is 1.00. The zero-order chi connectivity index (χ0) is 5.91. The second-order valence-electron chi connectivity index (χ2n) is 2.70. The molecule has 0 unspecified atom stereocenters. The van der Waals surface area contributed by atoms with Crippen molar-refractivity contribution in [3.05, 3.63) is 0 Å². The minimum atomic E-state index is -0.219. The SMILES string of the molecule is C[N+](C)(C)CCF.[2H].[2H]. The molecule has 0 rings (SSSR count). The third-order valence-electron chi connectivity index (χ3n) is 0.755. The van der Waals surface area contributed by atoms with Gasteiger partial charge in [-0.25, -0.2) is 4.39 Å². The number of rotatable bonds is 2. The van der Waals surface area contributed by atoms with Gasteiger partial charge in [0.2, 0.25) is 0 Å². The van der Waals surface area contributed by atoms with E-state index in [1.54, 1.807) is 0 Å². The molecule has 0 aromatic carbocycles. The van der Waals surface area contributed by atoms with E-state index in [9.17, 15) is 4.39 Å². The molecule has 0 fully saturated rings. The molecule has 0 aliphatic heterocycles. The van der Waals surface area contributed by atoms with Crippen LogP contribution in [0.1, 0.15) is 2.85 Å². The molecule has 7 heavy (non-hydrogen) atoms. The average Bonchev–Trinajstić information content (AvgIpc) is 1.30. The molecule has 0 aliphatic rings. The first kappa shape index (κ1) is 6.89. The van der Waals surface area contributed by atoms with Crippen LogP contribution in [0.4, 0.5) is 4.39 Å². The molecule has 0 aliphatic carbocycles. The summed E-state index contributed by atoms with van der Waals surface area (Å²) >= 11 is 0. The van der Waals surface area contributed by atoms with Gasteiger partial charge in [-0.3, -0.25) is 0 Å². The van der Waals surface area contributed by atoms with Crippen molar-refractivity contribution < 1.29 is 11.7 Å². The number of nitrogens with zero attached hydrogens (tertiary/aromatic N) is 1. The van der Waals surface area contributed by atoms with E-state index in [0.29, 0.717) is 6.54 Å². The second kappa shape index (κ2) is 2.26. The van der Waals surface area contributed by atoms with Gasteiger partial charge in [-0.2, -0.15) is 0 Å². The summed E-state index contributed by atoms with van der Waals surface area (Å²) in [6.45, 7) is 0.392. The van der Waals surface area contributed by atoms with Gasteiger partial charge in [0, 0.05) is 2.85 Å². The molecule has 0 amide bonds. The maximum Gasteiger partial charge on any atom is 0.138 e. The molecule has 1 nitrogen and oxygen atoms in total. The molecule has 46 valence electrons. The van der Waals surface area contributed by atoms with E-state index in [4.69, 9.17) is 0 Å². The fourth-order valence-electron chi connectivity index (χ4n) is 0.254. The number of hydrogen-bond acceptors (Lipinski definition) is 0. The Hall–Kier alpha value is -0.110. The monoisotopic (exact) mass is 110 g/mol. The van der Waals surface area contributed by atoms with Gasteiger partial charge in [-0.15, -0.1) is 0 Å². The fourth-order valence-corrected chi connectivity index (χ4v) is 0.254. The summed E-state index contributed by atoms with van der Waals surface area (Å²) < 4.78 is 12.2. The van der Waals surface area contributed by atoms with Gasteiger partial charge >= 0.3 is 0 Å². The minimum absolute atomic E-state index is 0. The van der Waals surface area contributed by atoms with Crippen LogP contribution in [0.5, 0.6) is 0 Å². The maximum atomic E-state index is 11.5. The molecule has 2 radical (unpaired) electrons. The number of quaternary nitrogens is 1. The van der Waals surface area contributed by atoms with Gasteiger partial charge in [-0.1, -0.05) is 0 Å². The lowest BCUT2D eigenvalue weighted by atomic mass is 10.6. The largest absolute Gasteiger partial charge is 0.329 e. The zero-order valence-electron chi connectivity index (χ0n) is 7.24. The predicted molar refractivity (Wildman–Crippen MR) is 31.1 cm³/mol. The summed E-state index contributed by atoms with van der Waals surface area (Å²) in [7, 11) is 5.92. The average molecular weight is 110 g/mol. The van der Waals surface area contributed by atoms with Gasteiger partial charge in [-0.05, 0) is 0 Å². The Kier molecular flexibility index (Phi) is 2.23. The van der Waals surface area contributed by atoms with Crippen LogP contribution in [0.15, 0.2) is 0 Å². The minimum Gasteiger partial charge on any atom is -0.329 e. The molecule has 0 N–H and O–H groups in total. The number of hydrogen-bond donors (Lipinski definition) is 0. The third-order valence-corrected chi connectivity index (χ3v) is 0.755. The Labute approximate surface area is 47.3 Å². The molecular formula is C5H15FN+. The smallest absolute Gasteiger partial charge is 0.138 e. The van der Waals surface area contributed by atoms with Crippen molar-refractivity contribution in [1.82, 2.24) is 0 Å². The highest BCUT2D eigenvalue weighted by atomic mass is 19.1. The Bertz CT molecular complexity index is 53.4. The first-order valence-electron chi connectivity index (χ1n) is 2.43. The van der Waals surface area contributed by atoms with Crippen LogP contribution < -0.4 is 0 Å². The van der Waals surface area contributed by atoms with Gasteiger partial charge in [0.1, 0.15) is 13.2 Å². The van der Waals surface area contributed by atoms with Gasteiger partial charge < -0.3 is 4.48 Å². The molecule has 0 aromatic rings. The zero-order valence-corrected chi connectivity index (χ0v) is 5.24. The van der Waals surface area contributed by atoms with E-state index >= 15 is 0 Å². The van der Waals surface area contributed by atoms with Crippen molar-refractivity contribution in [3.8, 4) is 0 Å². The summed E-state index contributed by atoms with van der Waals surface area (Å²) in [5, 5.41) is 0. The Morgan fingerprint density at radius 2 is 1.86 bits per heavy atom. The highest BCUT2D eigenvalue weighted by Gasteiger charge is 2.03. The van der Waals surface area contributed by atoms with Gasteiger partial charge in [0.15, 0.2) is 0 Å². The lowest BCUT2D eigenvalue weighted by molar-refractivity contribution is -0.870. The van der Waals surface area contributed by atoms with Crippen LogP contribution in [0.3, 0.4) is 0 Å². The van der Waals surface area contributed by atoms with E-state index in [1.807, 2.05) is 21.1 Å². The number of halogens is 1. The molecule has 0 saturated heterocycles. The van der Waals surface area contributed by atoms with Crippen LogP contribution in [-0.2, 0) is 0 Å². The maximum absolute atomic E-state index is 11.5. The molecule has 2 heteroatoms. The Morgan fingerprint density at radius 1 is 1.43 bits per heavy atom. The van der Waals surface area contributed by atoms with Gasteiger partial charge in [0.25, 0.3) is 0 Å². The van der Waals surface area contributed by atoms with Crippen molar-refractivity contribution in [1.29, 1.82) is 0 Å². The highest BCUT2D eigenvalue weighted by molar-refractivity contribution is 4.19. The van der Waals surface area contributed by atoms with E-state index < -0.39 is 0 Å². The number of alkyl halides is 1. The van der Waals surface area contributed by atoms with E-state index in [2.05, 4.69) is 0 Å². The van der Waals surface area contributed by atoms with E-state index in [-0.39, 0.29) is 9.53 Å². The first-order chi connectivity index (χ1) is 3.06. The molecule has 0 heterocycles. The normalized spacial score (nSPS) is 12.0. The lowest BCUT2D eigenvalue weighted by Crippen LogP contribution is -2.36. The van der Waals surface area contributed by atoms with Crippen molar-refractivity contribution in [2.45, 2.75) is 0 Å². The quantitative estimate of drug-likeness (QED) is 0.463. The molecule has 0 bridgehead atoms. The van der Waals surface area contributed by atoms with Crippen molar-refractivity contribution >= 4 is 0 Å². The van der Waals surface area contributed by atoms with Crippen LogP contribution in [0.2, 0.25) is 0 Å². The lowest BCUT2D eigenvalue weighted by Gasteiger charge is -2.21. The van der Waals surface area contributed by atoms with Crippen LogP contribution in [0, 0.1) is 0 Å². The van der Waals surface area contributed by atoms with Crippen molar-refractivity contribution in [2.24, 2.45) is 0 Å². The third kappa shape index (κ3) is 5.89. The standard InChI is InChI=1S/C5H13FN.2H/c1-7(2,3)5-4-6;;/h4-5H2,1-3H3;;/q+1;;/i;2*1+1. The highest BCUT2D eigenvalue weighted by Crippen LogP contribution is 1.86. The Balaban J connectivity index is -0.000000180. The van der Waals surface area contributed by atoms with Crippen molar-refractivity contribution in [3.63, 3.8) is 0 Å². The van der Waals surface area contributed by atoms with Crippen LogP contribution in [0.25, 0.3) is 0 Å². The molecule has 0 spiro atoms. The first-order valence-corrected chi connectivity index (χ1v) is 2.43. The van der Waals surface area contributed by atoms with Crippen LogP contribution >= 0.6 is 0 Å². The predicted octanol–water partition coefficient (Wildman–Crippen LogP) is 0.887. The molecule has 0 saturated carbocycles. The van der Waals surface area contributed by atoms with Crippen LogP contribution in [-0.4, -0.2) is 38.8 Å². The summed E-state index contributed by atoms with van der Waals surface area (Å²) in [6, 6.07) is 0. The van der Waals surface area contributed by atoms with E-state index in [1.165, 1.54) is 0 Å². The summed E-state index contributed by atoms with van der Waals surface area (Å²) in [6.07, 6.45) is 0. The molecular weight excluding hydrogens is 93.1 g/mol. The summed E-state index contributed by atoms with van der Waals surface area (Å²) in [5.74, 6) is 0. The topological polar surface area (TPSA) is 0 Å².